The minimum Gasteiger partial charge on any atom is -0.325 e. The van der Waals surface area contributed by atoms with E-state index in [0.29, 0.717) is 18.1 Å². The van der Waals surface area contributed by atoms with Gasteiger partial charge in [0.1, 0.15) is 0 Å². The van der Waals surface area contributed by atoms with Gasteiger partial charge in [0.05, 0.1) is 5.71 Å². The first-order chi connectivity index (χ1) is 9.92. The van der Waals surface area contributed by atoms with E-state index < -0.39 is 0 Å². The zero-order valence-corrected chi connectivity index (χ0v) is 13.1. The summed E-state index contributed by atoms with van der Waals surface area (Å²) in [5.74, 6) is 0.225. The van der Waals surface area contributed by atoms with E-state index in [9.17, 15) is 9.59 Å². The van der Waals surface area contributed by atoms with Crippen molar-refractivity contribution in [2.45, 2.75) is 40.5 Å². The van der Waals surface area contributed by atoms with Gasteiger partial charge in [-0.3, -0.25) is 9.59 Å². The lowest BCUT2D eigenvalue weighted by molar-refractivity contribution is -0.118. The molecule has 0 aromatic heterocycles. The molecular weight excluding hydrogens is 264 g/mol. The minimum absolute atomic E-state index is 0.0411. The Morgan fingerprint density at radius 3 is 2.76 bits per heavy atom. The van der Waals surface area contributed by atoms with Gasteiger partial charge in [-0.2, -0.15) is 0 Å². The molecule has 0 bridgehead atoms. The molecule has 0 saturated heterocycles. The molecule has 1 atom stereocenters. The molecule has 4 heteroatoms. The Kier molecular flexibility index (Phi) is 4.56. The molecule has 4 nitrogen and oxygen atoms in total. The lowest BCUT2D eigenvalue weighted by Crippen LogP contribution is -2.36. The third-order valence-electron chi connectivity index (χ3n) is 3.76. The number of hydrogen-bond acceptors (Lipinski definition) is 2. The molecule has 0 radical (unpaired) electrons. The number of aliphatic imine (C=N–C) groups is 1. The van der Waals surface area contributed by atoms with Crippen LogP contribution in [0, 0.1) is 11.8 Å². The smallest absolute Gasteiger partial charge is 0.251 e. The van der Waals surface area contributed by atoms with Gasteiger partial charge in [-0.15, -0.1) is 0 Å². The summed E-state index contributed by atoms with van der Waals surface area (Å²) in [5, 5.41) is 2.91. The van der Waals surface area contributed by atoms with Crippen LogP contribution in [0.4, 0.5) is 0 Å². The monoisotopic (exact) mass is 286 g/mol. The Labute approximate surface area is 125 Å². The molecule has 112 valence electrons. The second kappa shape index (κ2) is 6.20. The maximum absolute atomic E-state index is 12.0. The number of amides is 2. The van der Waals surface area contributed by atoms with Gasteiger partial charge in [0.2, 0.25) is 5.91 Å². The van der Waals surface area contributed by atoms with E-state index in [2.05, 4.69) is 10.3 Å². The Balaban J connectivity index is 2.25. The number of carbonyl (C=O) groups is 2. The van der Waals surface area contributed by atoms with Gasteiger partial charge in [0, 0.05) is 23.6 Å². The maximum atomic E-state index is 12.0. The van der Waals surface area contributed by atoms with Crippen LogP contribution in [0.25, 0.3) is 0 Å². The zero-order chi connectivity index (χ0) is 15.6. The number of rotatable bonds is 3. The van der Waals surface area contributed by atoms with Crippen LogP contribution >= 0.6 is 0 Å². The molecule has 1 unspecified atom stereocenters. The van der Waals surface area contributed by atoms with E-state index in [1.54, 1.807) is 6.08 Å². The molecule has 0 saturated carbocycles. The predicted octanol–water partition coefficient (Wildman–Crippen LogP) is 2.93. The van der Waals surface area contributed by atoms with E-state index in [1.165, 1.54) is 0 Å². The number of nitrogens with one attached hydrogen (secondary N) is 1. The van der Waals surface area contributed by atoms with E-state index in [-0.39, 0.29) is 17.7 Å². The molecule has 0 aromatic carbocycles. The van der Waals surface area contributed by atoms with Crippen molar-refractivity contribution in [1.29, 1.82) is 0 Å². The second-order valence-corrected chi connectivity index (χ2v) is 5.93. The highest BCUT2D eigenvalue weighted by molar-refractivity contribution is 6.11. The van der Waals surface area contributed by atoms with Crippen molar-refractivity contribution in [1.82, 2.24) is 5.32 Å². The van der Waals surface area contributed by atoms with Crippen LogP contribution in [-0.2, 0) is 9.59 Å². The average Bonchev–Trinajstić information content (AvgIpc) is 2.37. The van der Waals surface area contributed by atoms with Crippen molar-refractivity contribution in [2.24, 2.45) is 16.8 Å². The summed E-state index contributed by atoms with van der Waals surface area (Å²) in [6.07, 6.45) is 6.83. The largest absolute Gasteiger partial charge is 0.325 e. The number of fused-ring (bicyclic) bond motifs is 1. The van der Waals surface area contributed by atoms with Crippen molar-refractivity contribution in [3.63, 3.8) is 0 Å². The van der Waals surface area contributed by atoms with Crippen LogP contribution in [0.5, 0.6) is 0 Å². The summed E-state index contributed by atoms with van der Waals surface area (Å²) in [7, 11) is 0. The predicted molar refractivity (Wildman–Crippen MR) is 83.7 cm³/mol. The first-order valence-electron chi connectivity index (χ1n) is 7.44. The molecule has 1 N–H and O–H groups in total. The zero-order valence-electron chi connectivity index (χ0n) is 13.1. The van der Waals surface area contributed by atoms with E-state index >= 15 is 0 Å². The van der Waals surface area contributed by atoms with Crippen LogP contribution in [0.1, 0.15) is 40.5 Å². The Hall–Kier alpha value is -1.97. The molecule has 0 spiro atoms. The molecule has 1 aliphatic carbocycles. The summed E-state index contributed by atoms with van der Waals surface area (Å²) < 4.78 is 0. The molecule has 2 aliphatic rings. The van der Waals surface area contributed by atoms with Crippen molar-refractivity contribution >= 4 is 17.5 Å². The molecule has 1 aliphatic heterocycles. The third kappa shape index (κ3) is 3.38. The summed E-state index contributed by atoms with van der Waals surface area (Å²) in [6.45, 7) is 7.96. The topological polar surface area (TPSA) is 58.5 Å². The summed E-state index contributed by atoms with van der Waals surface area (Å²) >= 11 is 0. The normalized spacial score (nSPS) is 23.3. The lowest BCUT2D eigenvalue weighted by atomic mass is 9.84. The van der Waals surface area contributed by atoms with Gasteiger partial charge in [-0.1, -0.05) is 32.4 Å². The fourth-order valence-corrected chi connectivity index (χ4v) is 2.71. The number of carbonyl (C=O) groups excluding carboxylic acids is 2. The van der Waals surface area contributed by atoms with E-state index in [1.807, 2.05) is 39.8 Å². The minimum atomic E-state index is -0.122. The lowest BCUT2D eigenvalue weighted by Gasteiger charge is -2.29. The molecule has 2 amide bonds. The van der Waals surface area contributed by atoms with Crippen LogP contribution in [0.15, 0.2) is 40.1 Å². The standard InChI is InChI=1S/C17H22N2O2/c1-5-13-11(4)14-7-6-12(9-15(14)19-17(13)21)18-16(20)8-10(2)3/h6-7,9-10,14H,5,8H2,1-4H3,(H,19,21). The van der Waals surface area contributed by atoms with Crippen LogP contribution in [-0.4, -0.2) is 17.5 Å². The first kappa shape index (κ1) is 15.4. The van der Waals surface area contributed by atoms with Gasteiger partial charge in [0.25, 0.3) is 5.91 Å². The van der Waals surface area contributed by atoms with Crippen molar-refractivity contribution in [2.75, 3.05) is 0 Å². The van der Waals surface area contributed by atoms with Gasteiger partial charge in [0.15, 0.2) is 0 Å². The number of nitrogens with zero attached hydrogens (tertiary/aromatic N) is 1. The van der Waals surface area contributed by atoms with Gasteiger partial charge >= 0.3 is 0 Å². The highest BCUT2D eigenvalue weighted by atomic mass is 16.2. The fraction of sp³-hybridized carbons (Fsp3) is 0.471. The maximum Gasteiger partial charge on any atom is 0.251 e. The highest BCUT2D eigenvalue weighted by Crippen LogP contribution is 2.31. The number of allylic oxidation sites excluding steroid dienone is 3. The molecular formula is C17H22N2O2. The van der Waals surface area contributed by atoms with Gasteiger partial charge in [-0.25, -0.2) is 4.99 Å². The van der Waals surface area contributed by atoms with Crippen LogP contribution < -0.4 is 5.32 Å². The van der Waals surface area contributed by atoms with Crippen LogP contribution in [0.2, 0.25) is 0 Å². The molecule has 21 heavy (non-hydrogen) atoms. The first-order valence-corrected chi connectivity index (χ1v) is 7.44. The van der Waals surface area contributed by atoms with Crippen LogP contribution in [0.3, 0.4) is 0 Å². The second-order valence-electron chi connectivity index (χ2n) is 5.93. The van der Waals surface area contributed by atoms with E-state index in [0.717, 1.165) is 23.3 Å². The Morgan fingerprint density at radius 2 is 2.14 bits per heavy atom. The van der Waals surface area contributed by atoms with Crippen molar-refractivity contribution in [3.05, 3.63) is 35.1 Å². The summed E-state index contributed by atoms with van der Waals surface area (Å²) in [4.78, 5) is 27.9. The molecule has 0 fully saturated rings. The van der Waals surface area contributed by atoms with Crippen molar-refractivity contribution in [3.8, 4) is 0 Å². The van der Waals surface area contributed by atoms with Gasteiger partial charge < -0.3 is 5.32 Å². The summed E-state index contributed by atoms with van der Waals surface area (Å²) in [6, 6.07) is 0. The van der Waals surface area contributed by atoms with E-state index in [4.69, 9.17) is 0 Å². The average molecular weight is 286 g/mol. The summed E-state index contributed by atoms with van der Waals surface area (Å²) in [5.41, 5.74) is 3.35. The SMILES string of the molecule is CCC1=C(C)C2C=CC(=NC(=O)CC(C)C)C=C2NC1=O. The van der Waals surface area contributed by atoms with Crippen molar-refractivity contribution < 1.29 is 9.59 Å². The molecule has 0 aromatic rings. The molecule has 2 rings (SSSR count). The Bertz CT molecular complexity index is 592. The fourth-order valence-electron chi connectivity index (χ4n) is 2.71. The Morgan fingerprint density at radius 1 is 1.43 bits per heavy atom. The quantitative estimate of drug-likeness (QED) is 0.867. The highest BCUT2D eigenvalue weighted by Gasteiger charge is 2.28. The van der Waals surface area contributed by atoms with Gasteiger partial charge in [-0.05, 0) is 31.4 Å². The third-order valence-corrected chi connectivity index (χ3v) is 3.76. The number of hydrogen-bond donors (Lipinski definition) is 1. The molecule has 1 heterocycles.